The van der Waals surface area contributed by atoms with Crippen LogP contribution in [0.15, 0.2) is 29.3 Å². The van der Waals surface area contributed by atoms with E-state index in [2.05, 4.69) is 54.9 Å². The van der Waals surface area contributed by atoms with Gasteiger partial charge in [-0.2, -0.15) is 11.8 Å². The van der Waals surface area contributed by atoms with E-state index in [1.165, 1.54) is 0 Å². The van der Waals surface area contributed by atoms with Gasteiger partial charge in [0.25, 0.3) is 5.91 Å². The molecule has 1 amide bonds. The molecule has 0 aromatic heterocycles. The Kier molecular flexibility index (Phi) is 10.2. The molecular formula is C20H34N4OS. The molecule has 0 atom stereocenters. The van der Waals surface area contributed by atoms with Crippen LogP contribution in [0, 0.1) is 0 Å². The number of hydrogen-bond donors (Lipinski definition) is 3. The van der Waals surface area contributed by atoms with Gasteiger partial charge in [-0.15, -0.1) is 0 Å². The van der Waals surface area contributed by atoms with Crippen LogP contribution in [0.2, 0.25) is 0 Å². The molecule has 1 rings (SSSR count). The molecule has 0 aliphatic heterocycles. The van der Waals surface area contributed by atoms with Gasteiger partial charge in [-0.25, -0.2) is 4.99 Å². The Balaban J connectivity index is 2.62. The van der Waals surface area contributed by atoms with E-state index in [4.69, 9.17) is 0 Å². The Morgan fingerprint density at radius 1 is 1.12 bits per heavy atom. The van der Waals surface area contributed by atoms with Gasteiger partial charge < -0.3 is 16.0 Å². The van der Waals surface area contributed by atoms with Crippen LogP contribution < -0.4 is 16.0 Å². The molecule has 0 fully saturated rings. The first-order valence-electron chi connectivity index (χ1n) is 9.36. The van der Waals surface area contributed by atoms with Gasteiger partial charge in [-0.05, 0) is 51.1 Å². The summed E-state index contributed by atoms with van der Waals surface area (Å²) in [5.74, 6) is 0.804. The van der Waals surface area contributed by atoms with E-state index in [-0.39, 0.29) is 10.7 Å². The molecule has 146 valence electrons. The number of amides is 1. The molecule has 0 spiro atoms. The Morgan fingerprint density at radius 3 is 2.38 bits per heavy atom. The van der Waals surface area contributed by atoms with E-state index in [1.807, 2.05) is 36.0 Å². The lowest BCUT2D eigenvalue weighted by molar-refractivity contribution is 0.0953. The number of nitrogens with zero attached hydrogens (tertiary/aromatic N) is 1. The van der Waals surface area contributed by atoms with Crippen molar-refractivity contribution in [3.05, 3.63) is 35.4 Å². The monoisotopic (exact) mass is 378 g/mol. The molecule has 26 heavy (non-hydrogen) atoms. The number of rotatable bonds is 10. The molecule has 6 heteroatoms. The Bertz CT molecular complexity index is 570. The average Bonchev–Trinajstić information content (AvgIpc) is 2.64. The van der Waals surface area contributed by atoms with Crippen molar-refractivity contribution in [2.24, 2.45) is 4.99 Å². The van der Waals surface area contributed by atoms with Crippen molar-refractivity contribution < 1.29 is 4.79 Å². The molecule has 0 aliphatic rings. The highest BCUT2D eigenvalue weighted by Crippen LogP contribution is 2.19. The smallest absolute Gasteiger partial charge is 0.251 e. The number of aliphatic imine (C=N–C) groups is 1. The van der Waals surface area contributed by atoms with E-state index < -0.39 is 0 Å². The number of nitrogens with one attached hydrogen (secondary N) is 3. The zero-order chi connectivity index (χ0) is 19.4. The fourth-order valence-electron chi connectivity index (χ4n) is 2.12. The minimum absolute atomic E-state index is 0.0113. The number of carbonyl (C=O) groups is 1. The summed E-state index contributed by atoms with van der Waals surface area (Å²) < 4.78 is 0.156. The Labute approximate surface area is 162 Å². The Morgan fingerprint density at radius 2 is 1.81 bits per heavy atom. The normalized spacial score (nSPS) is 12.0. The highest BCUT2D eigenvalue weighted by atomic mass is 32.2. The van der Waals surface area contributed by atoms with E-state index in [0.717, 1.165) is 44.0 Å². The second-order valence-corrected chi connectivity index (χ2v) is 8.33. The molecule has 5 nitrogen and oxygen atoms in total. The van der Waals surface area contributed by atoms with Crippen molar-refractivity contribution >= 4 is 23.6 Å². The zero-order valence-corrected chi connectivity index (χ0v) is 17.6. The number of hydrogen-bond acceptors (Lipinski definition) is 3. The molecule has 3 N–H and O–H groups in total. The molecule has 0 saturated carbocycles. The van der Waals surface area contributed by atoms with Gasteiger partial charge in [0.1, 0.15) is 0 Å². The SMILES string of the molecule is CCCCNC(=O)c1ccc(CN=C(NCC)NCC(C)(C)SC)cc1. The van der Waals surface area contributed by atoms with Crippen LogP contribution in [0.5, 0.6) is 0 Å². The van der Waals surface area contributed by atoms with E-state index in [9.17, 15) is 4.79 Å². The summed E-state index contributed by atoms with van der Waals surface area (Å²) in [5, 5.41) is 9.60. The van der Waals surface area contributed by atoms with Crippen LogP contribution in [-0.2, 0) is 6.54 Å². The minimum Gasteiger partial charge on any atom is -0.357 e. The van der Waals surface area contributed by atoms with Crippen molar-refractivity contribution in [3.8, 4) is 0 Å². The molecule has 0 heterocycles. The number of carbonyl (C=O) groups excluding carboxylic acids is 1. The van der Waals surface area contributed by atoms with Crippen molar-refractivity contribution in [3.63, 3.8) is 0 Å². The molecule has 0 aliphatic carbocycles. The molecule has 1 aromatic rings. The van der Waals surface area contributed by atoms with Crippen molar-refractivity contribution in [1.82, 2.24) is 16.0 Å². The summed E-state index contributed by atoms with van der Waals surface area (Å²) in [7, 11) is 0. The summed E-state index contributed by atoms with van der Waals surface area (Å²) in [4.78, 5) is 16.7. The molecule has 0 unspecified atom stereocenters. The first kappa shape index (κ1) is 22.4. The highest BCUT2D eigenvalue weighted by molar-refractivity contribution is 7.99. The van der Waals surface area contributed by atoms with Gasteiger partial charge in [-0.1, -0.05) is 25.5 Å². The maximum atomic E-state index is 12.0. The van der Waals surface area contributed by atoms with Crippen LogP contribution in [0.4, 0.5) is 0 Å². The van der Waals surface area contributed by atoms with Crippen molar-refractivity contribution in [2.75, 3.05) is 25.9 Å². The lowest BCUT2D eigenvalue weighted by Gasteiger charge is -2.23. The molecular weight excluding hydrogens is 344 g/mol. The predicted molar refractivity (Wildman–Crippen MR) is 114 cm³/mol. The van der Waals surface area contributed by atoms with Crippen molar-refractivity contribution in [2.45, 2.75) is 51.8 Å². The van der Waals surface area contributed by atoms with Gasteiger partial charge in [0, 0.05) is 29.9 Å². The maximum Gasteiger partial charge on any atom is 0.251 e. The van der Waals surface area contributed by atoms with Crippen molar-refractivity contribution in [1.29, 1.82) is 0 Å². The van der Waals surface area contributed by atoms with Gasteiger partial charge >= 0.3 is 0 Å². The van der Waals surface area contributed by atoms with E-state index in [0.29, 0.717) is 12.1 Å². The Hall–Kier alpha value is -1.69. The largest absolute Gasteiger partial charge is 0.357 e. The van der Waals surface area contributed by atoms with Gasteiger partial charge in [0.2, 0.25) is 0 Å². The van der Waals surface area contributed by atoms with E-state index >= 15 is 0 Å². The zero-order valence-electron chi connectivity index (χ0n) is 16.8. The summed E-state index contributed by atoms with van der Waals surface area (Å²) in [6, 6.07) is 7.66. The number of benzene rings is 1. The second-order valence-electron chi connectivity index (χ2n) is 6.82. The number of guanidine groups is 1. The summed E-state index contributed by atoms with van der Waals surface area (Å²) in [6.45, 7) is 11.6. The van der Waals surface area contributed by atoms with Gasteiger partial charge in [0.05, 0.1) is 6.54 Å². The lowest BCUT2D eigenvalue weighted by atomic mass is 10.1. The first-order chi connectivity index (χ1) is 12.4. The van der Waals surface area contributed by atoms with Crippen LogP contribution in [0.3, 0.4) is 0 Å². The molecule has 0 saturated heterocycles. The molecule has 1 aromatic carbocycles. The van der Waals surface area contributed by atoms with Crippen LogP contribution >= 0.6 is 11.8 Å². The third kappa shape index (κ3) is 8.61. The minimum atomic E-state index is -0.0113. The number of unbranched alkanes of at least 4 members (excludes halogenated alkanes) is 1. The van der Waals surface area contributed by atoms with Crippen LogP contribution in [-0.4, -0.2) is 42.5 Å². The third-order valence-electron chi connectivity index (χ3n) is 4.03. The first-order valence-corrected chi connectivity index (χ1v) is 10.6. The van der Waals surface area contributed by atoms with Gasteiger partial charge in [0.15, 0.2) is 5.96 Å². The fourth-order valence-corrected chi connectivity index (χ4v) is 2.34. The maximum absolute atomic E-state index is 12.0. The standard InChI is InChI=1S/C20H34N4OS/c1-6-8-13-22-18(25)17-11-9-16(10-12-17)14-23-19(21-7-2)24-15-20(3,4)26-5/h9-12H,6-8,13-15H2,1-5H3,(H,22,25)(H2,21,23,24). The fraction of sp³-hybridized carbons (Fsp3) is 0.600. The summed E-state index contributed by atoms with van der Waals surface area (Å²) in [6.07, 6.45) is 4.20. The average molecular weight is 379 g/mol. The number of thioether (sulfide) groups is 1. The van der Waals surface area contributed by atoms with Crippen LogP contribution in [0.25, 0.3) is 0 Å². The topological polar surface area (TPSA) is 65.5 Å². The predicted octanol–water partition coefficient (Wildman–Crippen LogP) is 3.41. The molecule has 0 radical (unpaired) electrons. The van der Waals surface area contributed by atoms with Crippen LogP contribution in [0.1, 0.15) is 56.5 Å². The summed E-state index contributed by atoms with van der Waals surface area (Å²) >= 11 is 1.83. The van der Waals surface area contributed by atoms with Gasteiger partial charge in [-0.3, -0.25) is 4.79 Å². The second kappa shape index (κ2) is 11.8. The highest BCUT2D eigenvalue weighted by Gasteiger charge is 2.16. The summed E-state index contributed by atoms with van der Waals surface area (Å²) in [5.41, 5.74) is 1.78. The quantitative estimate of drug-likeness (QED) is 0.332. The third-order valence-corrected chi connectivity index (χ3v) is 5.28. The molecule has 0 bridgehead atoms. The van der Waals surface area contributed by atoms with E-state index in [1.54, 1.807) is 0 Å². The lowest BCUT2D eigenvalue weighted by Crippen LogP contribution is -2.43.